The molecule has 1 atom stereocenters. The average molecular weight is 387 g/mol. The van der Waals surface area contributed by atoms with Crippen LogP contribution in [0.1, 0.15) is 37.7 Å². The highest BCUT2D eigenvalue weighted by molar-refractivity contribution is 5.97. The van der Waals surface area contributed by atoms with Crippen molar-refractivity contribution in [3.63, 3.8) is 0 Å². The van der Waals surface area contributed by atoms with Crippen molar-refractivity contribution < 1.29 is 24.3 Å². The molecule has 1 heterocycles. The molecule has 150 valence electrons. The molecule has 3 rings (SSSR count). The molecule has 0 radical (unpaired) electrons. The number of benzene rings is 1. The number of carboxylic acid groups (broad SMARTS) is 1. The minimum Gasteiger partial charge on any atom is -0.480 e. The summed E-state index contributed by atoms with van der Waals surface area (Å²) in [6, 6.07) is 7.10. The third-order valence-corrected chi connectivity index (χ3v) is 5.32. The quantitative estimate of drug-likeness (QED) is 0.649. The third kappa shape index (κ3) is 5.09. The van der Waals surface area contributed by atoms with Crippen LogP contribution in [0.5, 0.6) is 0 Å². The molecular formula is C20H25N3O5. The minimum absolute atomic E-state index is 0.0645. The summed E-state index contributed by atoms with van der Waals surface area (Å²) in [4.78, 5) is 48.7. The molecule has 0 spiro atoms. The van der Waals surface area contributed by atoms with Crippen LogP contribution in [0.25, 0.3) is 0 Å². The second kappa shape index (κ2) is 8.86. The van der Waals surface area contributed by atoms with Gasteiger partial charge in [0.05, 0.1) is 12.3 Å². The first-order valence-electron chi connectivity index (χ1n) is 9.60. The molecule has 1 aromatic carbocycles. The van der Waals surface area contributed by atoms with Gasteiger partial charge >= 0.3 is 5.97 Å². The molecule has 0 aromatic heterocycles. The van der Waals surface area contributed by atoms with Gasteiger partial charge in [0.25, 0.3) is 0 Å². The molecule has 0 bridgehead atoms. The van der Waals surface area contributed by atoms with Gasteiger partial charge in [0.1, 0.15) is 6.54 Å². The van der Waals surface area contributed by atoms with Crippen molar-refractivity contribution >= 4 is 29.4 Å². The molecule has 28 heavy (non-hydrogen) atoms. The molecule has 1 unspecified atom stereocenters. The molecule has 8 heteroatoms. The summed E-state index contributed by atoms with van der Waals surface area (Å²) in [7, 11) is 0. The number of anilines is 1. The van der Waals surface area contributed by atoms with Crippen molar-refractivity contribution in [1.82, 2.24) is 10.2 Å². The topological polar surface area (TPSA) is 116 Å². The van der Waals surface area contributed by atoms with E-state index in [0.29, 0.717) is 17.8 Å². The van der Waals surface area contributed by atoms with E-state index in [2.05, 4.69) is 10.6 Å². The molecule has 1 aliphatic carbocycles. The molecule has 1 saturated heterocycles. The van der Waals surface area contributed by atoms with E-state index in [1.807, 2.05) is 4.90 Å². The van der Waals surface area contributed by atoms with Crippen molar-refractivity contribution in [3.8, 4) is 0 Å². The van der Waals surface area contributed by atoms with Crippen LogP contribution >= 0.6 is 0 Å². The van der Waals surface area contributed by atoms with Gasteiger partial charge in [0, 0.05) is 24.7 Å². The van der Waals surface area contributed by atoms with Gasteiger partial charge in [-0.3, -0.25) is 19.2 Å². The first kappa shape index (κ1) is 19.9. The molecule has 1 aliphatic heterocycles. The van der Waals surface area contributed by atoms with Crippen molar-refractivity contribution in [2.45, 2.75) is 44.6 Å². The van der Waals surface area contributed by atoms with Gasteiger partial charge in [-0.2, -0.15) is 0 Å². The smallest absolute Gasteiger partial charge is 0.322 e. The fourth-order valence-corrected chi connectivity index (χ4v) is 3.85. The molecule has 3 amide bonds. The summed E-state index contributed by atoms with van der Waals surface area (Å²) in [5.74, 6) is -1.91. The van der Waals surface area contributed by atoms with E-state index >= 15 is 0 Å². The summed E-state index contributed by atoms with van der Waals surface area (Å²) < 4.78 is 0. The zero-order valence-corrected chi connectivity index (χ0v) is 15.6. The van der Waals surface area contributed by atoms with Gasteiger partial charge in [-0.1, -0.05) is 25.0 Å². The first-order chi connectivity index (χ1) is 13.4. The van der Waals surface area contributed by atoms with Crippen LogP contribution in [-0.2, 0) is 25.6 Å². The number of carbonyl (C=O) groups excluding carboxylic acids is 3. The monoisotopic (exact) mass is 387 g/mol. The highest BCUT2D eigenvalue weighted by atomic mass is 16.4. The fraction of sp³-hybridized carbons (Fsp3) is 0.500. The summed E-state index contributed by atoms with van der Waals surface area (Å²) in [5.41, 5.74) is 1.32. The zero-order chi connectivity index (χ0) is 20.1. The van der Waals surface area contributed by atoms with Crippen LogP contribution in [0.15, 0.2) is 24.3 Å². The fourth-order valence-electron chi connectivity index (χ4n) is 3.85. The van der Waals surface area contributed by atoms with Gasteiger partial charge in [-0.25, -0.2) is 0 Å². The Morgan fingerprint density at radius 3 is 2.43 bits per heavy atom. The Morgan fingerprint density at radius 1 is 1.11 bits per heavy atom. The third-order valence-electron chi connectivity index (χ3n) is 5.32. The first-order valence-corrected chi connectivity index (χ1v) is 9.60. The lowest BCUT2D eigenvalue weighted by atomic mass is 10.1. The molecule has 2 aliphatic rings. The SMILES string of the molecule is O=C(O)CNC(=O)Cc1ccc(NC(=O)C2CC(=O)N(C3CCCC3)C2)cc1. The highest BCUT2D eigenvalue weighted by Gasteiger charge is 2.38. The lowest BCUT2D eigenvalue weighted by Crippen LogP contribution is -2.35. The predicted molar refractivity (Wildman–Crippen MR) is 101 cm³/mol. The van der Waals surface area contributed by atoms with E-state index in [0.717, 1.165) is 25.7 Å². The van der Waals surface area contributed by atoms with Gasteiger partial charge in [0.15, 0.2) is 0 Å². The number of hydrogen-bond acceptors (Lipinski definition) is 4. The summed E-state index contributed by atoms with van der Waals surface area (Å²) in [6.07, 6.45) is 4.67. The maximum Gasteiger partial charge on any atom is 0.322 e. The number of carboxylic acids is 1. The van der Waals surface area contributed by atoms with Crippen molar-refractivity contribution in [2.75, 3.05) is 18.4 Å². The van der Waals surface area contributed by atoms with E-state index in [9.17, 15) is 19.2 Å². The number of carbonyl (C=O) groups is 4. The predicted octanol–water partition coefficient (Wildman–Crippen LogP) is 1.16. The molecule has 8 nitrogen and oxygen atoms in total. The Balaban J connectivity index is 1.50. The van der Waals surface area contributed by atoms with Crippen molar-refractivity contribution in [1.29, 1.82) is 0 Å². The Kier molecular flexibility index (Phi) is 6.28. The van der Waals surface area contributed by atoms with E-state index < -0.39 is 12.5 Å². The van der Waals surface area contributed by atoms with Gasteiger partial charge in [-0.15, -0.1) is 0 Å². The van der Waals surface area contributed by atoms with E-state index in [4.69, 9.17) is 5.11 Å². The Labute approximate surface area is 163 Å². The van der Waals surface area contributed by atoms with Crippen LogP contribution in [-0.4, -0.2) is 52.8 Å². The largest absolute Gasteiger partial charge is 0.480 e. The van der Waals surface area contributed by atoms with Crippen LogP contribution in [0.2, 0.25) is 0 Å². The molecule has 2 fully saturated rings. The number of likely N-dealkylation sites (tertiary alicyclic amines) is 1. The molecule has 1 aromatic rings. The van der Waals surface area contributed by atoms with E-state index in [1.165, 1.54) is 0 Å². The summed E-state index contributed by atoms with van der Waals surface area (Å²) in [6.45, 7) is 0.0716. The summed E-state index contributed by atoms with van der Waals surface area (Å²) in [5, 5.41) is 13.7. The average Bonchev–Trinajstić information content (AvgIpc) is 3.31. The van der Waals surface area contributed by atoms with E-state index in [1.54, 1.807) is 24.3 Å². The standard InChI is InChI=1S/C20H25N3O5/c24-17(21-11-19(26)27)9-13-5-7-15(8-6-13)22-20(28)14-10-18(25)23(12-14)16-3-1-2-4-16/h5-8,14,16H,1-4,9-12H2,(H,21,24)(H,22,28)(H,26,27). The van der Waals surface area contributed by atoms with Gasteiger partial charge in [-0.05, 0) is 30.5 Å². The van der Waals surface area contributed by atoms with Crippen molar-refractivity contribution in [3.05, 3.63) is 29.8 Å². The number of hydrogen-bond donors (Lipinski definition) is 3. The maximum absolute atomic E-state index is 12.5. The number of rotatable bonds is 7. The van der Waals surface area contributed by atoms with Gasteiger partial charge in [0.2, 0.25) is 17.7 Å². The molecule has 1 saturated carbocycles. The Morgan fingerprint density at radius 2 is 1.79 bits per heavy atom. The van der Waals surface area contributed by atoms with Crippen LogP contribution in [0.4, 0.5) is 5.69 Å². The van der Waals surface area contributed by atoms with Crippen LogP contribution in [0.3, 0.4) is 0 Å². The molecular weight excluding hydrogens is 362 g/mol. The highest BCUT2D eigenvalue weighted by Crippen LogP contribution is 2.30. The van der Waals surface area contributed by atoms with Gasteiger partial charge < -0.3 is 20.6 Å². The lowest BCUT2D eigenvalue weighted by molar-refractivity contribution is -0.137. The Bertz CT molecular complexity index is 756. The Hall–Kier alpha value is -2.90. The summed E-state index contributed by atoms with van der Waals surface area (Å²) >= 11 is 0. The number of nitrogens with zero attached hydrogens (tertiary/aromatic N) is 1. The lowest BCUT2D eigenvalue weighted by Gasteiger charge is -2.23. The van der Waals surface area contributed by atoms with Crippen LogP contribution in [0, 0.1) is 5.92 Å². The zero-order valence-electron chi connectivity index (χ0n) is 15.6. The second-order valence-corrected chi connectivity index (χ2v) is 7.42. The second-order valence-electron chi connectivity index (χ2n) is 7.42. The number of nitrogens with one attached hydrogen (secondary N) is 2. The van der Waals surface area contributed by atoms with E-state index in [-0.39, 0.29) is 42.5 Å². The van der Waals surface area contributed by atoms with Crippen LogP contribution < -0.4 is 10.6 Å². The maximum atomic E-state index is 12.5. The number of amides is 3. The minimum atomic E-state index is -1.09. The normalized spacial score (nSPS) is 19.6. The van der Waals surface area contributed by atoms with Crippen molar-refractivity contribution in [2.24, 2.45) is 5.92 Å². The molecule has 3 N–H and O–H groups in total. The number of aliphatic carboxylic acids is 1.